The SMILES string of the molecule is c1ccc(-c2ccc(-c3ccc(N(c4ccc(-c5ccc(-c6ccccc6)cc5)cc4)c4ccc(-c5cccc6c5ccn6-c5ccccc5)c(-c5ccccc5)c4)cc3)cc2)cc1. The van der Waals surface area contributed by atoms with Crippen LogP contribution < -0.4 is 4.90 Å². The Morgan fingerprint density at radius 3 is 1.11 bits per heavy atom. The van der Waals surface area contributed by atoms with Crippen molar-refractivity contribution in [3.63, 3.8) is 0 Å². The highest BCUT2D eigenvalue weighted by Gasteiger charge is 2.19. The van der Waals surface area contributed by atoms with Crippen LogP contribution in [0.15, 0.2) is 267 Å². The average molecular weight is 817 g/mol. The first-order chi connectivity index (χ1) is 31.7. The van der Waals surface area contributed by atoms with E-state index in [4.69, 9.17) is 0 Å². The summed E-state index contributed by atoms with van der Waals surface area (Å²) in [6.07, 6.45) is 2.18. The van der Waals surface area contributed by atoms with Crippen LogP contribution in [0.3, 0.4) is 0 Å². The Morgan fingerprint density at radius 2 is 0.641 bits per heavy atom. The van der Waals surface area contributed by atoms with E-state index in [1.165, 1.54) is 77.7 Å². The number of hydrogen-bond acceptors (Lipinski definition) is 1. The molecule has 0 unspecified atom stereocenters. The largest absolute Gasteiger partial charge is 0.317 e. The quantitative estimate of drug-likeness (QED) is 0.133. The van der Waals surface area contributed by atoms with Gasteiger partial charge in [-0.3, -0.25) is 0 Å². The van der Waals surface area contributed by atoms with Gasteiger partial charge in [0.2, 0.25) is 0 Å². The van der Waals surface area contributed by atoms with Crippen molar-refractivity contribution < 1.29 is 0 Å². The molecule has 0 saturated carbocycles. The van der Waals surface area contributed by atoms with E-state index in [1.807, 2.05) is 0 Å². The number of fused-ring (bicyclic) bond motifs is 1. The second-order valence-electron chi connectivity index (χ2n) is 16.2. The van der Waals surface area contributed by atoms with Crippen LogP contribution in [0.1, 0.15) is 0 Å². The molecule has 64 heavy (non-hydrogen) atoms. The predicted molar refractivity (Wildman–Crippen MR) is 271 cm³/mol. The Balaban J connectivity index is 1.00. The molecular weight excluding hydrogens is 773 g/mol. The lowest BCUT2D eigenvalue weighted by Crippen LogP contribution is -2.10. The molecule has 0 aliphatic heterocycles. The lowest BCUT2D eigenvalue weighted by atomic mass is 9.92. The average Bonchev–Trinajstić information content (AvgIpc) is 3.83. The first kappa shape index (κ1) is 38.5. The van der Waals surface area contributed by atoms with E-state index in [9.17, 15) is 0 Å². The van der Waals surface area contributed by atoms with Crippen LogP contribution in [0.2, 0.25) is 0 Å². The van der Waals surface area contributed by atoms with Crippen LogP contribution in [0.25, 0.3) is 83.4 Å². The molecule has 11 rings (SSSR count). The van der Waals surface area contributed by atoms with Crippen LogP contribution >= 0.6 is 0 Å². The first-order valence-corrected chi connectivity index (χ1v) is 21.9. The molecule has 0 fully saturated rings. The minimum atomic E-state index is 1.08. The van der Waals surface area contributed by atoms with Crippen LogP contribution in [0, 0.1) is 0 Å². The summed E-state index contributed by atoms with van der Waals surface area (Å²) < 4.78 is 2.28. The van der Waals surface area contributed by atoms with Gasteiger partial charge in [0, 0.05) is 34.3 Å². The molecule has 0 radical (unpaired) electrons. The van der Waals surface area contributed by atoms with Gasteiger partial charge >= 0.3 is 0 Å². The number of hydrogen-bond donors (Lipinski definition) is 0. The molecule has 302 valence electrons. The molecule has 0 saturated heterocycles. The van der Waals surface area contributed by atoms with Gasteiger partial charge in [-0.15, -0.1) is 0 Å². The van der Waals surface area contributed by atoms with Gasteiger partial charge in [-0.1, -0.05) is 200 Å². The third-order valence-electron chi connectivity index (χ3n) is 12.3. The Labute approximate surface area is 375 Å². The van der Waals surface area contributed by atoms with Crippen molar-refractivity contribution in [1.82, 2.24) is 4.57 Å². The topological polar surface area (TPSA) is 8.17 Å². The predicted octanol–water partition coefficient (Wildman–Crippen LogP) is 17.1. The smallest absolute Gasteiger partial charge is 0.0534 e. The molecule has 10 aromatic carbocycles. The molecule has 2 nitrogen and oxygen atoms in total. The number of aromatic nitrogens is 1. The molecule has 0 bridgehead atoms. The van der Waals surface area contributed by atoms with Gasteiger partial charge in [-0.25, -0.2) is 0 Å². The van der Waals surface area contributed by atoms with Crippen molar-refractivity contribution in [3.8, 4) is 72.4 Å². The first-order valence-electron chi connectivity index (χ1n) is 21.9. The maximum absolute atomic E-state index is 2.38. The van der Waals surface area contributed by atoms with Gasteiger partial charge in [-0.2, -0.15) is 0 Å². The minimum absolute atomic E-state index is 1.08. The summed E-state index contributed by atoms with van der Waals surface area (Å²) >= 11 is 0. The van der Waals surface area contributed by atoms with Gasteiger partial charge in [0.25, 0.3) is 0 Å². The minimum Gasteiger partial charge on any atom is -0.317 e. The van der Waals surface area contributed by atoms with Gasteiger partial charge in [0.1, 0.15) is 0 Å². The zero-order valence-electron chi connectivity index (χ0n) is 35.3. The van der Waals surface area contributed by atoms with Crippen LogP contribution in [0.4, 0.5) is 17.1 Å². The Kier molecular flexibility index (Phi) is 10.3. The number of nitrogens with zero attached hydrogens (tertiary/aromatic N) is 2. The summed E-state index contributed by atoms with van der Waals surface area (Å²) in [7, 11) is 0. The van der Waals surface area contributed by atoms with Crippen molar-refractivity contribution in [1.29, 1.82) is 0 Å². The summed E-state index contributed by atoms with van der Waals surface area (Å²) in [5.41, 5.74) is 19.9. The van der Waals surface area contributed by atoms with E-state index in [0.717, 1.165) is 22.7 Å². The normalized spacial score (nSPS) is 11.1. The van der Waals surface area contributed by atoms with E-state index in [0.29, 0.717) is 0 Å². The van der Waals surface area contributed by atoms with E-state index in [2.05, 4.69) is 277 Å². The standard InChI is InChI=1S/C62H44N2/c1-5-14-45(15-6-1)47-24-28-49(29-25-47)51-32-36-55(37-33-51)64(56-38-34-52(35-39-56)50-30-26-48(27-31-50)46-16-7-2-8-17-46)57-40-41-59(61(44-57)53-18-9-3-10-19-53)58-22-13-23-62-60(58)42-43-63(62)54-20-11-4-12-21-54/h1-44H. The lowest BCUT2D eigenvalue weighted by molar-refractivity contribution is 1.13. The number of rotatable bonds is 10. The highest BCUT2D eigenvalue weighted by molar-refractivity contribution is 6.01. The van der Waals surface area contributed by atoms with Crippen molar-refractivity contribution in [3.05, 3.63) is 267 Å². The third kappa shape index (κ3) is 7.59. The molecule has 0 aliphatic rings. The van der Waals surface area contributed by atoms with Crippen molar-refractivity contribution in [2.45, 2.75) is 0 Å². The second-order valence-corrected chi connectivity index (χ2v) is 16.2. The maximum Gasteiger partial charge on any atom is 0.0534 e. The fourth-order valence-corrected chi connectivity index (χ4v) is 9.00. The maximum atomic E-state index is 2.38. The van der Waals surface area contributed by atoms with Gasteiger partial charge in [0.05, 0.1) is 5.52 Å². The van der Waals surface area contributed by atoms with Crippen molar-refractivity contribution in [2.24, 2.45) is 0 Å². The fourth-order valence-electron chi connectivity index (χ4n) is 9.00. The third-order valence-corrected chi connectivity index (χ3v) is 12.3. The second kappa shape index (κ2) is 17.1. The molecule has 1 heterocycles. The fraction of sp³-hybridized carbons (Fsp3) is 0. The van der Waals surface area contributed by atoms with Crippen LogP contribution in [-0.2, 0) is 0 Å². The number of para-hydroxylation sites is 1. The lowest BCUT2D eigenvalue weighted by Gasteiger charge is -2.27. The molecule has 1 aromatic heterocycles. The summed E-state index contributed by atoms with van der Waals surface area (Å²) in [6.45, 7) is 0. The van der Waals surface area contributed by atoms with Gasteiger partial charge < -0.3 is 9.47 Å². The Morgan fingerprint density at radius 1 is 0.250 bits per heavy atom. The molecule has 0 spiro atoms. The number of benzene rings is 10. The Hall–Kier alpha value is -8.46. The van der Waals surface area contributed by atoms with Crippen molar-refractivity contribution in [2.75, 3.05) is 4.90 Å². The molecule has 2 heteroatoms. The Bertz CT molecular complexity index is 3170. The highest BCUT2D eigenvalue weighted by atomic mass is 15.1. The van der Waals surface area contributed by atoms with Crippen LogP contribution in [0.5, 0.6) is 0 Å². The molecule has 0 amide bonds. The summed E-state index contributed by atoms with van der Waals surface area (Å²) in [5, 5.41) is 1.22. The van der Waals surface area contributed by atoms with E-state index in [-0.39, 0.29) is 0 Å². The van der Waals surface area contributed by atoms with Gasteiger partial charge in [0.15, 0.2) is 0 Å². The molecule has 0 aliphatic carbocycles. The monoisotopic (exact) mass is 816 g/mol. The van der Waals surface area contributed by atoms with E-state index in [1.54, 1.807) is 0 Å². The van der Waals surface area contributed by atoms with Crippen molar-refractivity contribution >= 4 is 28.0 Å². The molecular formula is C62H44N2. The van der Waals surface area contributed by atoms with Crippen LogP contribution in [-0.4, -0.2) is 4.57 Å². The summed E-state index contributed by atoms with van der Waals surface area (Å²) in [6, 6.07) is 94.0. The highest BCUT2D eigenvalue weighted by Crippen LogP contribution is 2.43. The zero-order chi connectivity index (χ0) is 42.7. The van der Waals surface area contributed by atoms with E-state index < -0.39 is 0 Å². The molecule has 0 atom stereocenters. The van der Waals surface area contributed by atoms with Gasteiger partial charge in [-0.05, 0) is 127 Å². The molecule has 0 N–H and O–H groups in total. The summed E-state index contributed by atoms with van der Waals surface area (Å²) in [4.78, 5) is 2.38. The zero-order valence-corrected chi connectivity index (χ0v) is 35.3. The van der Waals surface area contributed by atoms with E-state index >= 15 is 0 Å². The number of anilines is 3. The summed E-state index contributed by atoms with van der Waals surface area (Å²) in [5.74, 6) is 0. The molecule has 11 aromatic rings.